The van der Waals surface area contributed by atoms with E-state index in [9.17, 15) is 4.79 Å². The highest BCUT2D eigenvalue weighted by atomic mass is 16.5. The molecule has 0 spiro atoms. The number of benzene rings is 3. The second-order valence-corrected chi connectivity index (χ2v) is 7.98. The lowest BCUT2D eigenvalue weighted by Crippen LogP contribution is -2.43. The van der Waals surface area contributed by atoms with E-state index in [4.69, 9.17) is 4.74 Å². The van der Waals surface area contributed by atoms with Crippen LogP contribution in [0.2, 0.25) is 0 Å². The Morgan fingerprint density at radius 2 is 1.84 bits per heavy atom. The third-order valence-electron chi connectivity index (χ3n) is 6.01. The number of carbonyl (C=O) groups is 1. The van der Waals surface area contributed by atoms with Crippen LogP contribution in [0.5, 0.6) is 5.75 Å². The lowest BCUT2D eigenvalue weighted by Gasteiger charge is -2.36. The number of hydrogen-bond acceptors (Lipinski definition) is 2. The fourth-order valence-corrected chi connectivity index (χ4v) is 4.43. The van der Waals surface area contributed by atoms with Crippen LogP contribution in [-0.4, -0.2) is 29.6 Å². The summed E-state index contributed by atoms with van der Waals surface area (Å²) in [6, 6.07) is 23.8. The Morgan fingerprint density at radius 1 is 1.06 bits per heavy atom. The standard InChI is InChI=1S/C26H25N3O2/c1-17-8-10-18(11-9-17)25-24-21(22-16-20(31-2)12-13-23(22)28-24)14-15-29(25)26(30)27-19-6-4-3-5-7-19/h3-13,16,25,28H,14-15H2,1-2H3,(H,27,30)/t25-/m1/s1. The number of ether oxygens (including phenoxy) is 1. The molecule has 0 saturated heterocycles. The molecule has 4 aromatic rings. The Bertz CT molecular complexity index is 1230. The second kappa shape index (κ2) is 7.84. The molecule has 0 radical (unpaired) electrons. The minimum atomic E-state index is -0.188. The molecule has 2 heterocycles. The van der Waals surface area contributed by atoms with Crippen molar-refractivity contribution in [1.82, 2.24) is 9.88 Å². The number of nitrogens with one attached hydrogen (secondary N) is 2. The third-order valence-corrected chi connectivity index (χ3v) is 6.01. The highest BCUT2D eigenvalue weighted by Gasteiger charge is 2.34. The fraction of sp³-hybridized carbons (Fsp3) is 0.192. The first-order valence-corrected chi connectivity index (χ1v) is 10.5. The molecule has 0 unspecified atom stereocenters. The molecule has 2 N–H and O–H groups in total. The van der Waals surface area contributed by atoms with E-state index in [1.807, 2.05) is 47.4 Å². The molecular formula is C26H25N3O2. The topological polar surface area (TPSA) is 57.4 Å². The van der Waals surface area contributed by atoms with E-state index in [2.05, 4.69) is 47.6 Å². The average molecular weight is 412 g/mol. The molecule has 0 bridgehead atoms. The van der Waals surface area contributed by atoms with Crippen LogP contribution in [0.1, 0.15) is 28.4 Å². The molecule has 1 aliphatic heterocycles. The van der Waals surface area contributed by atoms with Crippen molar-refractivity contribution in [2.75, 3.05) is 19.0 Å². The maximum absolute atomic E-state index is 13.3. The van der Waals surface area contributed by atoms with Gasteiger partial charge in [-0.05, 0) is 54.8 Å². The fourth-order valence-electron chi connectivity index (χ4n) is 4.43. The van der Waals surface area contributed by atoms with Gasteiger partial charge in [0.15, 0.2) is 0 Å². The number of para-hydroxylation sites is 1. The van der Waals surface area contributed by atoms with Crippen LogP contribution in [0.4, 0.5) is 10.5 Å². The number of anilines is 1. The normalized spacial score (nSPS) is 15.5. The summed E-state index contributed by atoms with van der Waals surface area (Å²) >= 11 is 0. The van der Waals surface area contributed by atoms with Crippen molar-refractivity contribution < 1.29 is 9.53 Å². The summed E-state index contributed by atoms with van der Waals surface area (Å²) in [5.41, 5.74) is 6.47. The SMILES string of the molecule is COc1ccc2[nH]c3c(c2c1)CCN(C(=O)Nc1ccccc1)[C@@H]3c1ccc(C)cc1. The van der Waals surface area contributed by atoms with Gasteiger partial charge < -0.3 is 19.9 Å². The van der Waals surface area contributed by atoms with Crippen LogP contribution in [0.3, 0.4) is 0 Å². The van der Waals surface area contributed by atoms with Gasteiger partial charge in [0, 0.05) is 28.8 Å². The van der Waals surface area contributed by atoms with Crippen molar-refractivity contribution in [3.63, 3.8) is 0 Å². The number of rotatable bonds is 3. The number of hydrogen-bond donors (Lipinski definition) is 2. The molecule has 3 aromatic carbocycles. The summed E-state index contributed by atoms with van der Waals surface area (Å²) in [6.45, 7) is 2.71. The molecule has 0 fully saturated rings. The van der Waals surface area contributed by atoms with E-state index in [0.717, 1.165) is 40.0 Å². The van der Waals surface area contributed by atoms with Gasteiger partial charge in [-0.25, -0.2) is 4.79 Å². The number of H-pyrrole nitrogens is 1. The number of fused-ring (bicyclic) bond motifs is 3. The Labute approximate surface area is 181 Å². The van der Waals surface area contributed by atoms with Crippen molar-refractivity contribution in [2.45, 2.75) is 19.4 Å². The van der Waals surface area contributed by atoms with Crippen LogP contribution in [0, 0.1) is 6.92 Å². The van der Waals surface area contributed by atoms with Gasteiger partial charge in [0.25, 0.3) is 0 Å². The summed E-state index contributed by atoms with van der Waals surface area (Å²) in [7, 11) is 1.69. The molecule has 5 nitrogen and oxygen atoms in total. The van der Waals surface area contributed by atoms with E-state index < -0.39 is 0 Å². The number of aromatic nitrogens is 1. The van der Waals surface area contributed by atoms with Gasteiger partial charge in [-0.15, -0.1) is 0 Å². The van der Waals surface area contributed by atoms with Crippen molar-refractivity contribution in [3.05, 3.63) is 95.2 Å². The number of methoxy groups -OCH3 is 1. The minimum Gasteiger partial charge on any atom is -0.497 e. The number of nitrogens with zero attached hydrogens (tertiary/aromatic N) is 1. The van der Waals surface area contributed by atoms with E-state index in [1.54, 1.807) is 7.11 Å². The summed E-state index contributed by atoms with van der Waals surface area (Å²) in [5.74, 6) is 0.838. The molecule has 1 aliphatic rings. The first-order chi connectivity index (χ1) is 15.1. The number of carbonyl (C=O) groups excluding carboxylic acids is 1. The first-order valence-electron chi connectivity index (χ1n) is 10.5. The number of aryl methyl sites for hydroxylation is 1. The van der Waals surface area contributed by atoms with Gasteiger partial charge in [-0.2, -0.15) is 0 Å². The van der Waals surface area contributed by atoms with Gasteiger partial charge in [-0.1, -0.05) is 48.0 Å². The molecule has 0 aliphatic carbocycles. The van der Waals surface area contributed by atoms with Gasteiger partial charge in [-0.3, -0.25) is 0 Å². The number of amides is 2. The van der Waals surface area contributed by atoms with Crippen molar-refractivity contribution in [3.8, 4) is 5.75 Å². The van der Waals surface area contributed by atoms with E-state index >= 15 is 0 Å². The molecule has 5 heteroatoms. The highest BCUT2D eigenvalue weighted by Crippen LogP contribution is 2.39. The Kier molecular flexibility index (Phi) is 4.86. The smallest absolute Gasteiger partial charge is 0.322 e. The van der Waals surface area contributed by atoms with Crippen molar-refractivity contribution in [1.29, 1.82) is 0 Å². The Hall–Kier alpha value is -3.73. The summed E-state index contributed by atoms with van der Waals surface area (Å²) < 4.78 is 5.44. The molecule has 5 rings (SSSR count). The highest BCUT2D eigenvalue weighted by molar-refractivity contribution is 5.91. The average Bonchev–Trinajstić information content (AvgIpc) is 3.17. The third kappa shape index (κ3) is 3.52. The molecule has 0 saturated carbocycles. The quantitative estimate of drug-likeness (QED) is 0.457. The summed E-state index contributed by atoms with van der Waals surface area (Å²) in [5, 5.41) is 4.22. The van der Waals surface area contributed by atoms with Gasteiger partial charge in [0.2, 0.25) is 0 Å². The molecule has 156 valence electrons. The second-order valence-electron chi connectivity index (χ2n) is 7.98. The zero-order valence-electron chi connectivity index (χ0n) is 17.7. The summed E-state index contributed by atoms with van der Waals surface area (Å²) in [4.78, 5) is 18.8. The molecule has 1 aromatic heterocycles. The lowest BCUT2D eigenvalue weighted by molar-refractivity contribution is 0.193. The molecule has 2 amide bonds. The van der Waals surface area contributed by atoms with Gasteiger partial charge in [0.1, 0.15) is 5.75 Å². The van der Waals surface area contributed by atoms with Gasteiger partial charge in [0.05, 0.1) is 13.2 Å². The maximum atomic E-state index is 13.3. The molecule has 1 atom stereocenters. The first kappa shape index (κ1) is 19.2. The van der Waals surface area contributed by atoms with E-state index in [0.29, 0.717) is 6.54 Å². The van der Waals surface area contributed by atoms with Crippen LogP contribution in [0.15, 0.2) is 72.8 Å². The predicted molar refractivity (Wildman–Crippen MR) is 124 cm³/mol. The monoisotopic (exact) mass is 411 g/mol. The number of urea groups is 1. The maximum Gasteiger partial charge on any atom is 0.322 e. The van der Waals surface area contributed by atoms with E-state index in [-0.39, 0.29) is 12.1 Å². The van der Waals surface area contributed by atoms with Crippen LogP contribution < -0.4 is 10.1 Å². The zero-order valence-corrected chi connectivity index (χ0v) is 17.7. The van der Waals surface area contributed by atoms with Gasteiger partial charge >= 0.3 is 6.03 Å². The van der Waals surface area contributed by atoms with Crippen molar-refractivity contribution in [2.24, 2.45) is 0 Å². The number of aromatic amines is 1. The van der Waals surface area contributed by atoms with Crippen LogP contribution >= 0.6 is 0 Å². The van der Waals surface area contributed by atoms with Crippen molar-refractivity contribution >= 4 is 22.6 Å². The Balaban J connectivity index is 1.59. The predicted octanol–water partition coefficient (Wildman–Crippen LogP) is 5.66. The largest absolute Gasteiger partial charge is 0.497 e. The van der Waals surface area contributed by atoms with E-state index in [1.165, 1.54) is 11.1 Å². The zero-order chi connectivity index (χ0) is 21.4. The minimum absolute atomic E-state index is 0.0985. The molecule has 31 heavy (non-hydrogen) atoms. The van der Waals surface area contributed by atoms with Crippen LogP contribution in [-0.2, 0) is 6.42 Å². The Morgan fingerprint density at radius 3 is 2.58 bits per heavy atom. The molecular weight excluding hydrogens is 386 g/mol. The van der Waals surface area contributed by atoms with Crippen LogP contribution in [0.25, 0.3) is 10.9 Å². The summed E-state index contributed by atoms with van der Waals surface area (Å²) in [6.07, 6.45) is 0.785. The lowest BCUT2D eigenvalue weighted by atomic mass is 9.92.